The number of hydrogen-bond acceptors (Lipinski definition) is 4. The van der Waals surface area contributed by atoms with E-state index in [0.29, 0.717) is 16.0 Å². The van der Waals surface area contributed by atoms with Gasteiger partial charge in [-0.15, -0.1) is 10.2 Å². The van der Waals surface area contributed by atoms with Gasteiger partial charge in [-0.25, -0.2) is 0 Å². The van der Waals surface area contributed by atoms with Crippen molar-refractivity contribution in [3.05, 3.63) is 88.4 Å². The van der Waals surface area contributed by atoms with Gasteiger partial charge in [0, 0.05) is 22.0 Å². The molecule has 0 bridgehead atoms. The Bertz CT molecular complexity index is 1250. The van der Waals surface area contributed by atoms with Gasteiger partial charge in [0.25, 0.3) is 0 Å². The summed E-state index contributed by atoms with van der Waals surface area (Å²) in [6.07, 6.45) is 0. The first kappa shape index (κ1) is 22.1. The third kappa shape index (κ3) is 5.03. The minimum absolute atomic E-state index is 0.0931. The highest BCUT2D eigenvalue weighted by Crippen LogP contribution is 2.29. The molecular weight excluding hydrogens is 440 g/mol. The van der Waals surface area contributed by atoms with Crippen molar-refractivity contribution in [3.8, 4) is 17.1 Å². The number of hydrogen-bond donors (Lipinski definition) is 1. The van der Waals surface area contributed by atoms with Crippen LogP contribution in [0.1, 0.15) is 16.7 Å². The quantitative estimate of drug-likeness (QED) is 0.344. The lowest BCUT2D eigenvalue weighted by atomic mass is 10.1. The van der Waals surface area contributed by atoms with Crippen LogP contribution in [0.3, 0.4) is 0 Å². The van der Waals surface area contributed by atoms with Crippen molar-refractivity contribution in [2.75, 3.05) is 11.1 Å². The standard InChI is InChI=1S/C25H23ClN4OS/c1-16-4-7-19(8-5-16)24-28-29-25(30(24)21-11-9-20(26)10-12-21)32-15-23(31)27-22-13-6-17(2)14-18(22)3/h4-14H,15H2,1-3H3,(H,27,31). The smallest absolute Gasteiger partial charge is 0.234 e. The van der Waals surface area contributed by atoms with E-state index in [-0.39, 0.29) is 11.7 Å². The van der Waals surface area contributed by atoms with Crippen LogP contribution in [0.5, 0.6) is 0 Å². The van der Waals surface area contributed by atoms with Crippen molar-refractivity contribution in [2.24, 2.45) is 0 Å². The molecule has 0 aliphatic rings. The van der Waals surface area contributed by atoms with Crippen LogP contribution in [0.4, 0.5) is 5.69 Å². The maximum Gasteiger partial charge on any atom is 0.234 e. The second-order valence-corrected chi connectivity index (χ2v) is 9.02. The van der Waals surface area contributed by atoms with Crippen LogP contribution in [-0.2, 0) is 4.79 Å². The molecule has 0 saturated heterocycles. The normalized spacial score (nSPS) is 10.9. The van der Waals surface area contributed by atoms with Gasteiger partial charge in [0.15, 0.2) is 11.0 Å². The first-order valence-corrected chi connectivity index (χ1v) is 11.6. The van der Waals surface area contributed by atoms with Crippen molar-refractivity contribution >= 4 is 35.0 Å². The van der Waals surface area contributed by atoms with E-state index in [1.54, 1.807) is 0 Å². The largest absolute Gasteiger partial charge is 0.325 e. The molecule has 4 rings (SSSR count). The molecule has 0 unspecified atom stereocenters. The first-order valence-electron chi connectivity index (χ1n) is 10.2. The van der Waals surface area contributed by atoms with Crippen LogP contribution in [-0.4, -0.2) is 26.4 Å². The molecule has 4 aromatic rings. The molecule has 0 fully saturated rings. The number of rotatable bonds is 6. The number of aromatic nitrogens is 3. The summed E-state index contributed by atoms with van der Waals surface area (Å²) in [6, 6.07) is 21.6. The van der Waals surface area contributed by atoms with Gasteiger partial charge >= 0.3 is 0 Å². The lowest BCUT2D eigenvalue weighted by Gasteiger charge is -2.11. The number of carbonyl (C=O) groups excluding carboxylic acids is 1. The second kappa shape index (κ2) is 9.59. The zero-order valence-corrected chi connectivity index (χ0v) is 19.7. The zero-order valence-electron chi connectivity index (χ0n) is 18.1. The number of benzene rings is 3. The number of thioether (sulfide) groups is 1. The average Bonchev–Trinajstić information content (AvgIpc) is 3.19. The number of halogens is 1. The minimum atomic E-state index is -0.0931. The van der Waals surface area contributed by atoms with Gasteiger partial charge in [-0.1, -0.05) is 70.9 Å². The van der Waals surface area contributed by atoms with Gasteiger partial charge in [-0.3, -0.25) is 9.36 Å². The maximum atomic E-state index is 12.6. The molecule has 162 valence electrons. The summed E-state index contributed by atoms with van der Waals surface area (Å²) in [5.41, 5.74) is 6.02. The van der Waals surface area contributed by atoms with E-state index in [1.807, 2.05) is 92.1 Å². The fourth-order valence-corrected chi connectivity index (χ4v) is 4.22. The molecule has 0 aliphatic heterocycles. The Morgan fingerprint density at radius 1 is 0.938 bits per heavy atom. The van der Waals surface area contributed by atoms with Gasteiger partial charge < -0.3 is 5.32 Å². The third-order valence-corrected chi connectivity index (χ3v) is 6.20. The fraction of sp³-hybridized carbons (Fsp3) is 0.160. The summed E-state index contributed by atoms with van der Waals surface area (Å²) in [5.74, 6) is 0.835. The lowest BCUT2D eigenvalue weighted by molar-refractivity contribution is -0.113. The molecule has 1 N–H and O–H groups in total. The molecule has 1 aromatic heterocycles. The Morgan fingerprint density at radius 2 is 1.62 bits per heavy atom. The maximum absolute atomic E-state index is 12.6. The molecule has 0 spiro atoms. The molecule has 3 aromatic carbocycles. The minimum Gasteiger partial charge on any atom is -0.325 e. The van der Waals surface area contributed by atoms with Crippen molar-refractivity contribution in [1.29, 1.82) is 0 Å². The predicted molar refractivity (Wildman–Crippen MR) is 132 cm³/mol. The summed E-state index contributed by atoms with van der Waals surface area (Å²) in [5, 5.41) is 13.1. The summed E-state index contributed by atoms with van der Waals surface area (Å²) in [4.78, 5) is 12.6. The third-order valence-electron chi connectivity index (χ3n) is 5.02. The van der Waals surface area contributed by atoms with Gasteiger partial charge in [-0.05, 0) is 56.7 Å². The molecule has 0 atom stereocenters. The Kier molecular flexibility index (Phi) is 6.63. The zero-order chi connectivity index (χ0) is 22.7. The Labute approximate surface area is 196 Å². The number of carbonyl (C=O) groups is 1. The van der Waals surface area contributed by atoms with Crippen LogP contribution < -0.4 is 5.32 Å². The molecular formula is C25H23ClN4OS. The SMILES string of the molecule is Cc1ccc(-c2nnc(SCC(=O)Nc3ccc(C)cc3C)n2-c2ccc(Cl)cc2)cc1. The van der Waals surface area contributed by atoms with Crippen LogP contribution in [0.15, 0.2) is 71.9 Å². The fourth-order valence-electron chi connectivity index (χ4n) is 3.35. The predicted octanol–water partition coefficient (Wildman–Crippen LogP) is 6.24. The highest BCUT2D eigenvalue weighted by Gasteiger charge is 2.17. The Morgan fingerprint density at radius 3 is 2.31 bits per heavy atom. The second-order valence-electron chi connectivity index (χ2n) is 7.64. The highest BCUT2D eigenvalue weighted by molar-refractivity contribution is 7.99. The van der Waals surface area contributed by atoms with E-state index in [0.717, 1.165) is 28.1 Å². The summed E-state index contributed by atoms with van der Waals surface area (Å²) >= 11 is 7.44. The molecule has 0 radical (unpaired) electrons. The number of amides is 1. The number of nitrogens with one attached hydrogen (secondary N) is 1. The Hall–Kier alpha value is -3.09. The van der Waals surface area contributed by atoms with Crippen molar-refractivity contribution in [1.82, 2.24) is 14.8 Å². The van der Waals surface area contributed by atoms with E-state index in [9.17, 15) is 4.79 Å². The molecule has 1 heterocycles. The van der Waals surface area contributed by atoms with Gasteiger partial charge in [0.1, 0.15) is 0 Å². The number of anilines is 1. The van der Waals surface area contributed by atoms with E-state index < -0.39 is 0 Å². The first-order chi connectivity index (χ1) is 15.4. The summed E-state index contributed by atoms with van der Waals surface area (Å²) < 4.78 is 1.95. The van der Waals surface area contributed by atoms with Crippen molar-refractivity contribution in [2.45, 2.75) is 25.9 Å². The van der Waals surface area contributed by atoms with Crippen LogP contribution >= 0.6 is 23.4 Å². The Balaban J connectivity index is 1.60. The molecule has 5 nitrogen and oxygen atoms in total. The molecule has 0 aliphatic carbocycles. The lowest BCUT2D eigenvalue weighted by Crippen LogP contribution is -2.15. The topological polar surface area (TPSA) is 59.8 Å². The molecule has 1 amide bonds. The summed E-state index contributed by atoms with van der Waals surface area (Å²) in [7, 11) is 0. The molecule has 32 heavy (non-hydrogen) atoms. The van der Waals surface area contributed by atoms with E-state index in [1.165, 1.54) is 17.3 Å². The number of nitrogens with zero attached hydrogens (tertiary/aromatic N) is 3. The summed E-state index contributed by atoms with van der Waals surface area (Å²) in [6.45, 7) is 6.06. The monoisotopic (exact) mass is 462 g/mol. The van der Waals surface area contributed by atoms with Gasteiger partial charge in [0.2, 0.25) is 5.91 Å². The van der Waals surface area contributed by atoms with Crippen LogP contribution in [0, 0.1) is 20.8 Å². The highest BCUT2D eigenvalue weighted by atomic mass is 35.5. The van der Waals surface area contributed by atoms with Crippen molar-refractivity contribution < 1.29 is 4.79 Å². The van der Waals surface area contributed by atoms with E-state index in [4.69, 9.17) is 11.6 Å². The van der Waals surface area contributed by atoms with E-state index in [2.05, 4.69) is 15.5 Å². The molecule has 0 saturated carbocycles. The number of aryl methyl sites for hydroxylation is 3. The van der Waals surface area contributed by atoms with Gasteiger partial charge in [0.05, 0.1) is 5.75 Å². The van der Waals surface area contributed by atoms with E-state index >= 15 is 0 Å². The molecule has 7 heteroatoms. The van der Waals surface area contributed by atoms with Gasteiger partial charge in [-0.2, -0.15) is 0 Å². The average molecular weight is 463 g/mol. The van der Waals surface area contributed by atoms with Crippen LogP contribution in [0.2, 0.25) is 5.02 Å². The van der Waals surface area contributed by atoms with Crippen molar-refractivity contribution in [3.63, 3.8) is 0 Å². The van der Waals surface area contributed by atoms with Crippen LogP contribution in [0.25, 0.3) is 17.1 Å².